The van der Waals surface area contributed by atoms with Crippen LogP contribution in [-0.4, -0.2) is 76.2 Å². The van der Waals surface area contributed by atoms with Gasteiger partial charge in [-0.3, -0.25) is 9.80 Å². The van der Waals surface area contributed by atoms with Crippen molar-refractivity contribution in [3.63, 3.8) is 0 Å². The lowest BCUT2D eigenvalue weighted by Gasteiger charge is -2.33. The van der Waals surface area contributed by atoms with E-state index in [1.807, 2.05) is 18.5 Å². The number of hydrogen-bond donors (Lipinski definition) is 1. The minimum Gasteiger partial charge on any atom is -0.390 e. The molecule has 0 aliphatic carbocycles. The van der Waals surface area contributed by atoms with E-state index in [0.717, 1.165) is 56.5 Å². The van der Waals surface area contributed by atoms with E-state index in [-0.39, 0.29) is 18.0 Å². The van der Waals surface area contributed by atoms with Crippen molar-refractivity contribution in [2.75, 3.05) is 39.4 Å². The molecule has 0 spiro atoms. The zero-order chi connectivity index (χ0) is 19.0. The van der Waals surface area contributed by atoms with Crippen molar-refractivity contribution in [1.29, 1.82) is 0 Å². The fraction of sp³-hybridized carbons (Fsp3) is 0.550. The van der Waals surface area contributed by atoms with Crippen molar-refractivity contribution >= 4 is 0 Å². The number of aliphatic hydroxyl groups is 1. The molecule has 2 atom stereocenters. The number of benzene rings is 1. The Labute approximate surface area is 159 Å². The Morgan fingerprint density at radius 3 is 2.56 bits per heavy atom. The van der Waals surface area contributed by atoms with Crippen LogP contribution in [0.5, 0.6) is 0 Å². The maximum absolute atomic E-state index is 13.2. The van der Waals surface area contributed by atoms with E-state index in [9.17, 15) is 9.50 Å². The number of hydrogen-bond acceptors (Lipinski definition) is 5. The van der Waals surface area contributed by atoms with Crippen LogP contribution >= 0.6 is 0 Å². The summed E-state index contributed by atoms with van der Waals surface area (Å²) in [5, 5.41) is 15.2. The van der Waals surface area contributed by atoms with E-state index >= 15 is 0 Å². The van der Waals surface area contributed by atoms with Gasteiger partial charge >= 0.3 is 0 Å². The summed E-state index contributed by atoms with van der Waals surface area (Å²) >= 11 is 0. The maximum atomic E-state index is 13.2. The second kappa shape index (κ2) is 7.67. The van der Waals surface area contributed by atoms with Crippen LogP contribution in [0.25, 0.3) is 5.69 Å². The second-order valence-electron chi connectivity index (χ2n) is 7.51. The molecule has 2 aromatic rings. The van der Waals surface area contributed by atoms with Crippen molar-refractivity contribution in [3.05, 3.63) is 47.0 Å². The largest absolute Gasteiger partial charge is 0.390 e. The van der Waals surface area contributed by atoms with Gasteiger partial charge in [-0.2, -0.15) is 5.10 Å². The van der Waals surface area contributed by atoms with Gasteiger partial charge in [-0.25, -0.2) is 9.07 Å². The number of β-amino-alcohol motifs (C(OH)–C–C–N with tert-alkyl or cyclic N) is 1. The molecule has 7 heteroatoms. The third-order valence-electron chi connectivity index (χ3n) is 5.74. The monoisotopic (exact) mass is 374 g/mol. The first-order chi connectivity index (χ1) is 13.0. The number of rotatable bonds is 4. The molecule has 0 saturated carbocycles. The molecule has 4 rings (SSSR count). The molecular weight excluding hydrogens is 347 g/mol. The molecule has 146 valence electrons. The normalized spacial score (nSPS) is 24.6. The van der Waals surface area contributed by atoms with E-state index in [1.54, 1.807) is 12.1 Å². The molecule has 27 heavy (non-hydrogen) atoms. The third kappa shape index (κ3) is 3.78. The van der Waals surface area contributed by atoms with Gasteiger partial charge in [0, 0.05) is 50.0 Å². The van der Waals surface area contributed by atoms with Crippen LogP contribution in [0.1, 0.15) is 17.0 Å². The third-order valence-corrected chi connectivity index (χ3v) is 5.74. The molecule has 0 radical (unpaired) electrons. The molecule has 0 bridgehead atoms. The zero-order valence-electron chi connectivity index (χ0n) is 15.9. The summed E-state index contributed by atoms with van der Waals surface area (Å²) in [6, 6.07) is 6.56. The second-order valence-corrected chi connectivity index (χ2v) is 7.51. The van der Waals surface area contributed by atoms with Crippen molar-refractivity contribution in [2.45, 2.75) is 32.5 Å². The highest BCUT2D eigenvalue weighted by molar-refractivity contribution is 5.37. The zero-order valence-corrected chi connectivity index (χ0v) is 15.9. The quantitative estimate of drug-likeness (QED) is 0.879. The van der Waals surface area contributed by atoms with Gasteiger partial charge in [0.1, 0.15) is 5.82 Å². The Balaban J connectivity index is 1.49. The van der Waals surface area contributed by atoms with Gasteiger partial charge in [-0.15, -0.1) is 0 Å². The number of halogens is 1. The number of morpholine rings is 1. The predicted molar refractivity (Wildman–Crippen MR) is 100 cm³/mol. The number of aromatic nitrogens is 2. The maximum Gasteiger partial charge on any atom is 0.123 e. The van der Waals surface area contributed by atoms with Crippen molar-refractivity contribution in [1.82, 2.24) is 19.6 Å². The fourth-order valence-corrected chi connectivity index (χ4v) is 4.21. The average molecular weight is 374 g/mol. The molecule has 1 aromatic heterocycles. The van der Waals surface area contributed by atoms with Crippen LogP contribution in [0, 0.1) is 19.7 Å². The fourth-order valence-electron chi connectivity index (χ4n) is 4.21. The summed E-state index contributed by atoms with van der Waals surface area (Å²) in [4.78, 5) is 4.65. The van der Waals surface area contributed by atoms with E-state index in [4.69, 9.17) is 4.74 Å². The molecule has 2 fully saturated rings. The molecule has 1 N–H and O–H groups in total. The van der Waals surface area contributed by atoms with E-state index in [0.29, 0.717) is 6.54 Å². The topological polar surface area (TPSA) is 53.8 Å². The molecule has 0 unspecified atom stereocenters. The lowest BCUT2D eigenvalue weighted by molar-refractivity contribution is -0.00618. The van der Waals surface area contributed by atoms with Gasteiger partial charge in [0.25, 0.3) is 0 Å². The van der Waals surface area contributed by atoms with Crippen LogP contribution in [0.15, 0.2) is 24.3 Å². The lowest BCUT2D eigenvalue weighted by Crippen LogP contribution is -2.48. The Hall–Kier alpha value is -1.80. The molecule has 2 aliphatic heterocycles. The summed E-state index contributed by atoms with van der Waals surface area (Å²) in [7, 11) is 0. The average Bonchev–Trinajstić information content (AvgIpc) is 3.18. The summed E-state index contributed by atoms with van der Waals surface area (Å²) in [6.07, 6.45) is -0.337. The predicted octanol–water partition coefficient (Wildman–Crippen LogP) is 1.51. The number of aliphatic hydroxyl groups excluding tert-OH is 1. The van der Waals surface area contributed by atoms with Crippen molar-refractivity contribution in [2.24, 2.45) is 0 Å². The molecule has 2 saturated heterocycles. The summed E-state index contributed by atoms with van der Waals surface area (Å²) < 4.78 is 20.5. The first kappa shape index (κ1) is 18.6. The SMILES string of the molecule is Cc1nn(-c2ccc(F)cc2)c(C)c1CN1C[C@H](O)[C@@H](N2CCOCC2)C1. The molecule has 2 aliphatic rings. The first-order valence-electron chi connectivity index (χ1n) is 9.56. The Morgan fingerprint density at radius 1 is 1.15 bits per heavy atom. The number of ether oxygens (including phenoxy) is 1. The molecule has 6 nitrogen and oxygen atoms in total. The standard InChI is InChI=1S/C20H27FN4O2/c1-14-18(15(2)25(22-14)17-5-3-16(21)4-6-17)11-23-12-19(20(26)13-23)24-7-9-27-10-8-24/h3-6,19-20,26H,7-13H2,1-2H3/t19-,20-/m0/s1. The lowest BCUT2D eigenvalue weighted by atomic mass is 10.1. The highest BCUT2D eigenvalue weighted by atomic mass is 19.1. The first-order valence-corrected chi connectivity index (χ1v) is 9.56. The molecule has 3 heterocycles. The van der Waals surface area contributed by atoms with Gasteiger partial charge in [0.15, 0.2) is 0 Å². The molecule has 0 amide bonds. The van der Waals surface area contributed by atoms with Crippen LogP contribution in [0.2, 0.25) is 0 Å². The van der Waals surface area contributed by atoms with Crippen LogP contribution < -0.4 is 0 Å². The Bertz CT molecular complexity index is 786. The minimum atomic E-state index is -0.337. The van der Waals surface area contributed by atoms with Crippen molar-refractivity contribution < 1.29 is 14.2 Å². The van der Waals surface area contributed by atoms with Gasteiger partial charge < -0.3 is 9.84 Å². The molecule has 1 aromatic carbocycles. The van der Waals surface area contributed by atoms with Crippen LogP contribution in [0.4, 0.5) is 4.39 Å². The smallest absolute Gasteiger partial charge is 0.123 e. The van der Waals surface area contributed by atoms with E-state index in [2.05, 4.69) is 14.9 Å². The molecular formula is C20H27FN4O2. The van der Waals surface area contributed by atoms with Crippen LogP contribution in [-0.2, 0) is 11.3 Å². The number of nitrogens with zero attached hydrogens (tertiary/aromatic N) is 4. The van der Waals surface area contributed by atoms with Crippen LogP contribution in [0.3, 0.4) is 0 Å². The number of likely N-dealkylation sites (tertiary alicyclic amines) is 1. The summed E-state index contributed by atoms with van der Waals surface area (Å²) in [5.74, 6) is -0.249. The van der Waals surface area contributed by atoms with Gasteiger partial charge in [0.2, 0.25) is 0 Å². The Morgan fingerprint density at radius 2 is 1.85 bits per heavy atom. The van der Waals surface area contributed by atoms with Gasteiger partial charge in [-0.1, -0.05) is 0 Å². The highest BCUT2D eigenvalue weighted by Gasteiger charge is 2.36. The summed E-state index contributed by atoms with van der Waals surface area (Å²) in [6.45, 7) is 9.59. The van der Waals surface area contributed by atoms with Gasteiger partial charge in [-0.05, 0) is 38.1 Å². The van der Waals surface area contributed by atoms with E-state index < -0.39 is 0 Å². The van der Waals surface area contributed by atoms with Crippen molar-refractivity contribution in [3.8, 4) is 5.69 Å². The Kier molecular flexibility index (Phi) is 5.27. The highest BCUT2D eigenvalue weighted by Crippen LogP contribution is 2.24. The summed E-state index contributed by atoms with van der Waals surface area (Å²) in [5.41, 5.74) is 4.06. The van der Waals surface area contributed by atoms with Gasteiger partial charge in [0.05, 0.1) is 30.7 Å². The van der Waals surface area contributed by atoms with E-state index in [1.165, 1.54) is 17.7 Å². The number of aryl methyl sites for hydroxylation is 1. The minimum absolute atomic E-state index is 0.168.